The summed E-state index contributed by atoms with van der Waals surface area (Å²) in [5.74, 6) is -0.553. The van der Waals surface area contributed by atoms with Crippen LogP contribution in [0.1, 0.15) is 5.56 Å². The summed E-state index contributed by atoms with van der Waals surface area (Å²) >= 11 is 0. The average Bonchev–Trinajstić information content (AvgIpc) is 2.92. The minimum atomic E-state index is -0.506. The normalized spacial score (nSPS) is 10.8. The molecule has 1 heterocycles. The van der Waals surface area contributed by atoms with Gasteiger partial charge in [0.2, 0.25) is 0 Å². The molecule has 0 saturated heterocycles. The van der Waals surface area contributed by atoms with Crippen molar-refractivity contribution in [1.82, 2.24) is 20.2 Å². The standard InChI is InChI=1S/C14H11F2N5/c15-11-3-6-13(16)10(7-11)8-21-14(18-19-20-21)9-1-4-12(17)5-2-9/h1-7H,8,17H2. The van der Waals surface area contributed by atoms with Crippen molar-refractivity contribution in [2.45, 2.75) is 6.54 Å². The fraction of sp³-hybridized carbons (Fsp3) is 0.0714. The largest absolute Gasteiger partial charge is 0.399 e. The Morgan fingerprint density at radius 3 is 2.57 bits per heavy atom. The van der Waals surface area contributed by atoms with Crippen LogP contribution in [0, 0.1) is 11.6 Å². The lowest BCUT2D eigenvalue weighted by molar-refractivity contribution is 0.562. The van der Waals surface area contributed by atoms with Crippen molar-refractivity contribution in [1.29, 1.82) is 0 Å². The molecule has 2 N–H and O–H groups in total. The third-order valence-electron chi connectivity index (χ3n) is 3.03. The number of aromatic nitrogens is 4. The van der Waals surface area contributed by atoms with Crippen LogP contribution < -0.4 is 5.73 Å². The zero-order valence-electron chi connectivity index (χ0n) is 10.9. The molecule has 3 rings (SSSR count). The molecule has 0 aliphatic heterocycles. The Morgan fingerprint density at radius 2 is 1.81 bits per heavy atom. The quantitative estimate of drug-likeness (QED) is 0.750. The molecule has 0 atom stereocenters. The van der Waals surface area contributed by atoms with Crippen LogP contribution in [0.5, 0.6) is 0 Å². The number of nitrogens with two attached hydrogens (primary N) is 1. The number of benzene rings is 2. The van der Waals surface area contributed by atoms with Gasteiger partial charge in [0, 0.05) is 16.8 Å². The average molecular weight is 287 g/mol. The van der Waals surface area contributed by atoms with Gasteiger partial charge in [-0.25, -0.2) is 13.5 Å². The van der Waals surface area contributed by atoms with Crippen molar-refractivity contribution in [3.8, 4) is 11.4 Å². The Hall–Kier alpha value is -2.83. The maximum Gasteiger partial charge on any atom is 0.182 e. The Bertz CT molecular complexity index is 767. The van der Waals surface area contributed by atoms with E-state index in [1.165, 1.54) is 4.68 Å². The molecule has 3 aromatic rings. The van der Waals surface area contributed by atoms with E-state index in [1.54, 1.807) is 24.3 Å². The second kappa shape index (κ2) is 5.28. The first-order chi connectivity index (χ1) is 10.1. The molecule has 5 nitrogen and oxygen atoms in total. The van der Waals surface area contributed by atoms with Crippen LogP contribution in [0.25, 0.3) is 11.4 Å². The first kappa shape index (κ1) is 13.2. The molecule has 0 spiro atoms. The van der Waals surface area contributed by atoms with E-state index in [0.717, 1.165) is 23.8 Å². The van der Waals surface area contributed by atoms with E-state index in [4.69, 9.17) is 5.73 Å². The molecular weight excluding hydrogens is 276 g/mol. The predicted molar refractivity (Wildman–Crippen MR) is 73.1 cm³/mol. The van der Waals surface area contributed by atoms with E-state index in [1.807, 2.05) is 0 Å². The van der Waals surface area contributed by atoms with Crippen LogP contribution in [-0.2, 0) is 6.54 Å². The van der Waals surface area contributed by atoms with Crippen molar-refractivity contribution in [3.05, 3.63) is 59.7 Å². The van der Waals surface area contributed by atoms with Crippen molar-refractivity contribution in [2.24, 2.45) is 0 Å². The molecule has 0 aliphatic carbocycles. The van der Waals surface area contributed by atoms with Gasteiger partial charge in [-0.3, -0.25) is 0 Å². The number of anilines is 1. The minimum absolute atomic E-state index is 0.0380. The van der Waals surface area contributed by atoms with Crippen LogP contribution in [0.3, 0.4) is 0 Å². The van der Waals surface area contributed by atoms with Gasteiger partial charge in [0.1, 0.15) is 11.6 Å². The molecule has 0 bridgehead atoms. The van der Waals surface area contributed by atoms with Crippen molar-refractivity contribution in [3.63, 3.8) is 0 Å². The Morgan fingerprint density at radius 1 is 1.05 bits per heavy atom. The Kier molecular flexibility index (Phi) is 3.31. The van der Waals surface area contributed by atoms with Gasteiger partial charge in [-0.2, -0.15) is 0 Å². The molecule has 0 radical (unpaired) electrons. The second-order valence-corrected chi connectivity index (χ2v) is 4.52. The van der Waals surface area contributed by atoms with Crippen LogP contribution in [0.4, 0.5) is 14.5 Å². The number of nitrogen functional groups attached to an aromatic ring is 1. The van der Waals surface area contributed by atoms with Gasteiger partial charge in [-0.15, -0.1) is 5.10 Å². The van der Waals surface area contributed by atoms with Gasteiger partial charge in [0.15, 0.2) is 5.82 Å². The third kappa shape index (κ3) is 2.71. The number of tetrazole rings is 1. The van der Waals surface area contributed by atoms with Crippen molar-refractivity contribution in [2.75, 3.05) is 5.73 Å². The van der Waals surface area contributed by atoms with E-state index >= 15 is 0 Å². The Labute approximate surface area is 119 Å². The summed E-state index contributed by atoms with van der Waals surface area (Å²) in [7, 11) is 0. The fourth-order valence-corrected chi connectivity index (χ4v) is 1.98. The van der Waals surface area contributed by atoms with E-state index in [9.17, 15) is 8.78 Å². The topological polar surface area (TPSA) is 69.6 Å². The molecule has 0 unspecified atom stereocenters. The lowest BCUT2D eigenvalue weighted by Crippen LogP contribution is -2.06. The highest BCUT2D eigenvalue weighted by molar-refractivity contribution is 5.58. The van der Waals surface area contributed by atoms with Crippen molar-refractivity contribution < 1.29 is 8.78 Å². The van der Waals surface area contributed by atoms with Crippen LogP contribution >= 0.6 is 0 Å². The van der Waals surface area contributed by atoms with E-state index < -0.39 is 11.6 Å². The number of hydrogen-bond donors (Lipinski definition) is 1. The minimum Gasteiger partial charge on any atom is -0.399 e. The lowest BCUT2D eigenvalue weighted by atomic mass is 10.2. The highest BCUT2D eigenvalue weighted by Gasteiger charge is 2.12. The zero-order valence-corrected chi connectivity index (χ0v) is 10.9. The van der Waals surface area contributed by atoms with E-state index in [0.29, 0.717) is 11.5 Å². The first-order valence-electron chi connectivity index (χ1n) is 6.19. The maximum atomic E-state index is 13.7. The van der Waals surface area contributed by atoms with E-state index in [2.05, 4.69) is 15.5 Å². The summed E-state index contributed by atoms with van der Waals surface area (Å²) in [4.78, 5) is 0. The van der Waals surface area contributed by atoms with Gasteiger partial charge in [0.05, 0.1) is 6.54 Å². The first-order valence-corrected chi connectivity index (χ1v) is 6.19. The number of nitrogens with zero attached hydrogens (tertiary/aromatic N) is 4. The SMILES string of the molecule is Nc1ccc(-c2nnnn2Cc2cc(F)ccc2F)cc1. The summed E-state index contributed by atoms with van der Waals surface area (Å²) in [6.45, 7) is 0.0380. The molecule has 0 amide bonds. The van der Waals surface area contributed by atoms with Crippen LogP contribution in [-0.4, -0.2) is 20.2 Å². The molecule has 106 valence electrons. The Balaban J connectivity index is 1.96. The molecule has 0 saturated carbocycles. The third-order valence-corrected chi connectivity index (χ3v) is 3.03. The van der Waals surface area contributed by atoms with Gasteiger partial charge in [0.25, 0.3) is 0 Å². The summed E-state index contributed by atoms with van der Waals surface area (Å²) in [5.41, 5.74) is 7.17. The van der Waals surface area contributed by atoms with E-state index in [-0.39, 0.29) is 12.1 Å². The molecule has 2 aromatic carbocycles. The molecule has 21 heavy (non-hydrogen) atoms. The summed E-state index contributed by atoms with van der Waals surface area (Å²) in [6.07, 6.45) is 0. The zero-order chi connectivity index (χ0) is 14.8. The molecule has 0 fully saturated rings. The predicted octanol–water partition coefficient (Wildman–Crippen LogP) is 2.25. The molecule has 0 aliphatic rings. The number of hydrogen-bond acceptors (Lipinski definition) is 4. The highest BCUT2D eigenvalue weighted by atomic mass is 19.1. The monoisotopic (exact) mass is 287 g/mol. The highest BCUT2D eigenvalue weighted by Crippen LogP contribution is 2.19. The van der Waals surface area contributed by atoms with Gasteiger partial charge in [-0.05, 0) is 52.9 Å². The maximum absolute atomic E-state index is 13.7. The number of rotatable bonds is 3. The smallest absolute Gasteiger partial charge is 0.182 e. The summed E-state index contributed by atoms with van der Waals surface area (Å²) in [5, 5.41) is 11.3. The van der Waals surface area contributed by atoms with Crippen molar-refractivity contribution >= 4 is 5.69 Å². The van der Waals surface area contributed by atoms with Gasteiger partial charge in [-0.1, -0.05) is 0 Å². The molecule has 1 aromatic heterocycles. The van der Waals surface area contributed by atoms with Crippen LogP contribution in [0.15, 0.2) is 42.5 Å². The van der Waals surface area contributed by atoms with Gasteiger partial charge >= 0.3 is 0 Å². The summed E-state index contributed by atoms with van der Waals surface area (Å²) < 4.78 is 28.3. The molecule has 7 heteroatoms. The fourth-order valence-electron chi connectivity index (χ4n) is 1.98. The number of halogens is 2. The molecular formula is C14H11F2N5. The van der Waals surface area contributed by atoms with Crippen LogP contribution in [0.2, 0.25) is 0 Å². The second-order valence-electron chi connectivity index (χ2n) is 4.52. The lowest BCUT2D eigenvalue weighted by Gasteiger charge is -2.06. The summed E-state index contributed by atoms with van der Waals surface area (Å²) in [6, 6.07) is 10.2. The van der Waals surface area contributed by atoms with Gasteiger partial charge < -0.3 is 5.73 Å².